The molecule has 2 aromatic rings. The molecule has 2 heterocycles. The number of fused-ring (bicyclic) bond motifs is 1. The fourth-order valence-corrected chi connectivity index (χ4v) is 4.11. The van der Waals surface area contributed by atoms with Crippen LogP contribution in [0, 0.1) is 11.3 Å². The van der Waals surface area contributed by atoms with Crippen LogP contribution in [0.25, 0.3) is 0 Å². The lowest BCUT2D eigenvalue weighted by Crippen LogP contribution is -2.50. The van der Waals surface area contributed by atoms with E-state index in [4.69, 9.17) is 5.26 Å². The van der Waals surface area contributed by atoms with Gasteiger partial charge in [0.25, 0.3) is 10.0 Å². The van der Waals surface area contributed by atoms with Crippen molar-refractivity contribution in [1.29, 1.82) is 5.26 Å². The van der Waals surface area contributed by atoms with Crippen molar-refractivity contribution >= 4 is 21.7 Å². The second-order valence-corrected chi connectivity index (χ2v) is 6.76. The molecule has 0 saturated heterocycles. The van der Waals surface area contributed by atoms with Crippen LogP contribution in [0.4, 0.5) is 10.5 Å². The van der Waals surface area contributed by atoms with E-state index in [1.54, 1.807) is 30.3 Å². The normalized spacial score (nSPS) is 16.1. The standard InChI is InChI=1S/C14H13N5O3S/c1-17-13-12(9-16-17)18(8-7-15)14(20)19(23(13,21)22)10-11-5-3-2-4-6-11/h2-6,9H,8,10H2,1H3. The van der Waals surface area contributed by atoms with Crippen LogP contribution in [0.2, 0.25) is 0 Å². The summed E-state index contributed by atoms with van der Waals surface area (Å²) in [6.45, 7) is -0.354. The molecule has 1 aromatic carbocycles. The molecule has 1 aliphatic rings. The third-order valence-corrected chi connectivity index (χ3v) is 5.36. The lowest BCUT2D eigenvalue weighted by Gasteiger charge is -2.33. The number of rotatable bonds is 3. The molecule has 0 unspecified atom stereocenters. The average molecular weight is 331 g/mol. The predicted molar refractivity (Wildman–Crippen MR) is 80.7 cm³/mol. The van der Waals surface area contributed by atoms with Crippen LogP contribution in [0.15, 0.2) is 41.6 Å². The van der Waals surface area contributed by atoms with Crippen molar-refractivity contribution in [3.63, 3.8) is 0 Å². The first-order valence-corrected chi connectivity index (χ1v) is 8.18. The van der Waals surface area contributed by atoms with Crippen molar-refractivity contribution in [2.45, 2.75) is 11.6 Å². The highest BCUT2D eigenvalue weighted by molar-refractivity contribution is 7.89. The lowest BCUT2D eigenvalue weighted by atomic mass is 10.2. The number of benzene rings is 1. The Morgan fingerprint density at radius 1 is 1.26 bits per heavy atom. The topological polar surface area (TPSA) is 99.3 Å². The highest BCUT2D eigenvalue weighted by Gasteiger charge is 2.44. The second kappa shape index (κ2) is 5.40. The molecule has 0 spiro atoms. The van der Waals surface area contributed by atoms with Crippen LogP contribution in [0.1, 0.15) is 5.56 Å². The third-order valence-electron chi connectivity index (χ3n) is 3.53. The molecule has 9 heteroatoms. The second-order valence-electron chi connectivity index (χ2n) is 4.98. The molecule has 8 nitrogen and oxygen atoms in total. The van der Waals surface area contributed by atoms with Crippen LogP contribution in [-0.4, -0.2) is 35.1 Å². The fourth-order valence-electron chi connectivity index (χ4n) is 2.47. The Bertz CT molecular complexity index is 898. The quantitative estimate of drug-likeness (QED) is 0.783. The molecular weight excluding hydrogens is 318 g/mol. The van der Waals surface area contributed by atoms with E-state index in [9.17, 15) is 13.2 Å². The van der Waals surface area contributed by atoms with Gasteiger partial charge in [0.05, 0.1) is 18.8 Å². The van der Waals surface area contributed by atoms with E-state index in [1.807, 2.05) is 6.07 Å². The van der Waals surface area contributed by atoms with Crippen LogP contribution in [-0.2, 0) is 23.6 Å². The molecule has 0 radical (unpaired) electrons. The number of carbonyl (C=O) groups excluding carboxylic acids is 1. The Balaban J connectivity index is 2.12. The predicted octanol–water partition coefficient (Wildman–Crippen LogP) is 1.07. The van der Waals surface area contributed by atoms with Gasteiger partial charge in [-0.2, -0.15) is 18.8 Å². The Morgan fingerprint density at radius 2 is 1.96 bits per heavy atom. The summed E-state index contributed by atoms with van der Waals surface area (Å²) in [5.74, 6) is 0. The molecular formula is C14H13N5O3S. The van der Waals surface area contributed by atoms with Gasteiger partial charge in [0.2, 0.25) is 0 Å². The van der Waals surface area contributed by atoms with Crippen molar-refractivity contribution in [2.24, 2.45) is 7.05 Å². The first kappa shape index (κ1) is 15.1. The van der Waals surface area contributed by atoms with Gasteiger partial charge in [0.1, 0.15) is 12.2 Å². The van der Waals surface area contributed by atoms with Crippen LogP contribution < -0.4 is 4.90 Å². The maximum absolute atomic E-state index is 12.8. The van der Waals surface area contributed by atoms with E-state index in [-0.39, 0.29) is 23.8 Å². The lowest BCUT2D eigenvalue weighted by molar-refractivity contribution is 0.227. The minimum Gasteiger partial charge on any atom is -0.275 e. The van der Waals surface area contributed by atoms with Gasteiger partial charge in [-0.1, -0.05) is 30.3 Å². The average Bonchev–Trinajstić information content (AvgIpc) is 2.92. The fraction of sp³-hybridized carbons (Fsp3) is 0.214. The molecule has 0 aliphatic carbocycles. The van der Waals surface area contributed by atoms with Crippen LogP contribution >= 0.6 is 0 Å². The maximum atomic E-state index is 12.8. The largest absolute Gasteiger partial charge is 0.339 e. The number of anilines is 1. The van der Waals surface area contributed by atoms with Crippen molar-refractivity contribution in [3.8, 4) is 6.07 Å². The molecule has 23 heavy (non-hydrogen) atoms. The minimum absolute atomic E-state index is 0.0942. The van der Waals surface area contributed by atoms with E-state index in [0.717, 1.165) is 9.21 Å². The molecule has 1 aromatic heterocycles. The molecule has 3 rings (SSSR count). The number of carbonyl (C=O) groups is 1. The van der Waals surface area contributed by atoms with Crippen LogP contribution in [0.5, 0.6) is 0 Å². The molecule has 118 valence electrons. The molecule has 0 fully saturated rings. The number of amides is 2. The zero-order valence-corrected chi connectivity index (χ0v) is 13.1. The zero-order valence-electron chi connectivity index (χ0n) is 12.2. The number of sulfonamides is 1. The summed E-state index contributed by atoms with van der Waals surface area (Å²) < 4.78 is 27.5. The van der Waals surface area contributed by atoms with Gasteiger partial charge >= 0.3 is 6.03 Å². The Kier molecular flexibility index (Phi) is 3.54. The highest BCUT2D eigenvalue weighted by atomic mass is 32.2. The molecule has 0 N–H and O–H groups in total. The van der Waals surface area contributed by atoms with Gasteiger partial charge in [-0.25, -0.2) is 9.10 Å². The number of nitrogens with zero attached hydrogens (tertiary/aromatic N) is 5. The van der Waals surface area contributed by atoms with Crippen molar-refractivity contribution < 1.29 is 13.2 Å². The number of aromatic nitrogens is 2. The summed E-state index contributed by atoms with van der Waals surface area (Å²) in [6, 6.07) is 9.92. The summed E-state index contributed by atoms with van der Waals surface area (Å²) >= 11 is 0. The first-order valence-electron chi connectivity index (χ1n) is 6.74. The summed E-state index contributed by atoms with van der Waals surface area (Å²) in [6.07, 6.45) is 1.28. The van der Waals surface area contributed by atoms with Crippen LogP contribution in [0.3, 0.4) is 0 Å². The van der Waals surface area contributed by atoms with Gasteiger partial charge in [0.15, 0.2) is 5.03 Å². The van der Waals surface area contributed by atoms with Crippen molar-refractivity contribution in [3.05, 3.63) is 42.1 Å². The van der Waals surface area contributed by atoms with E-state index in [2.05, 4.69) is 5.10 Å². The molecule has 0 saturated carbocycles. The summed E-state index contributed by atoms with van der Waals surface area (Å²) in [5.41, 5.74) is 0.801. The Hall–Kier alpha value is -2.86. The summed E-state index contributed by atoms with van der Waals surface area (Å²) in [5, 5.41) is 12.8. The van der Waals surface area contributed by atoms with Gasteiger partial charge in [0, 0.05) is 7.05 Å². The van der Waals surface area contributed by atoms with E-state index in [0.29, 0.717) is 5.56 Å². The van der Waals surface area contributed by atoms with Gasteiger partial charge in [-0.05, 0) is 5.56 Å². The zero-order chi connectivity index (χ0) is 16.6. The van der Waals surface area contributed by atoms with Gasteiger partial charge in [-0.15, -0.1) is 0 Å². The third kappa shape index (κ3) is 2.33. The highest BCUT2D eigenvalue weighted by Crippen LogP contribution is 2.34. The molecule has 1 aliphatic heterocycles. The van der Waals surface area contributed by atoms with E-state index >= 15 is 0 Å². The Morgan fingerprint density at radius 3 is 2.61 bits per heavy atom. The number of hydrogen-bond donors (Lipinski definition) is 0. The smallest absolute Gasteiger partial charge is 0.275 e. The SMILES string of the molecule is Cn1ncc2c1S(=O)(=O)N(Cc1ccccc1)C(=O)N2CC#N. The van der Waals surface area contributed by atoms with Gasteiger partial charge < -0.3 is 0 Å². The molecule has 0 atom stereocenters. The first-order chi connectivity index (χ1) is 11.0. The van der Waals surface area contributed by atoms with Crippen molar-refractivity contribution in [2.75, 3.05) is 11.4 Å². The number of aryl methyl sites for hydroxylation is 1. The molecule has 0 bridgehead atoms. The monoisotopic (exact) mass is 331 g/mol. The summed E-state index contributed by atoms with van der Waals surface area (Å²) in [4.78, 5) is 13.7. The van der Waals surface area contributed by atoms with E-state index < -0.39 is 16.1 Å². The van der Waals surface area contributed by atoms with Gasteiger partial charge in [-0.3, -0.25) is 9.58 Å². The summed E-state index contributed by atoms with van der Waals surface area (Å²) in [7, 11) is -2.55. The maximum Gasteiger partial charge on any atom is 0.339 e. The van der Waals surface area contributed by atoms with Crippen molar-refractivity contribution in [1.82, 2.24) is 14.1 Å². The van der Waals surface area contributed by atoms with E-state index in [1.165, 1.54) is 17.9 Å². The Labute approximate surface area is 133 Å². The number of hydrogen-bond acceptors (Lipinski definition) is 5. The minimum atomic E-state index is -4.04. The molecule has 2 amide bonds. The number of nitriles is 1. The number of urea groups is 1.